The molecular weight excluding hydrogens is 390 g/mol. The predicted molar refractivity (Wildman–Crippen MR) is 123 cm³/mol. The number of ether oxygens (including phenoxy) is 1. The number of nitrogens with zero attached hydrogens (tertiary/aromatic N) is 1. The van der Waals surface area contributed by atoms with Crippen molar-refractivity contribution >= 4 is 17.6 Å². The number of aromatic nitrogens is 1. The number of nitrogens with one attached hydrogen (secondary N) is 1. The summed E-state index contributed by atoms with van der Waals surface area (Å²) in [7, 11) is 1.33. The topological polar surface area (TPSA) is 88.4 Å². The molecular formula is C25H35N3O3. The minimum absolute atomic E-state index is 0.0444. The van der Waals surface area contributed by atoms with E-state index < -0.39 is 12.0 Å². The minimum Gasteiger partial charge on any atom is -0.464 e. The Morgan fingerprint density at radius 2 is 1.77 bits per heavy atom. The Bertz CT molecular complexity index is 974. The minimum atomic E-state index is -0.783. The zero-order valence-corrected chi connectivity index (χ0v) is 19.5. The van der Waals surface area contributed by atoms with Gasteiger partial charge in [-0.05, 0) is 52.8 Å². The van der Waals surface area contributed by atoms with E-state index in [4.69, 9.17) is 10.5 Å². The first-order valence-electron chi connectivity index (χ1n) is 11.0. The van der Waals surface area contributed by atoms with Crippen LogP contribution in [0, 0.1) is 0 Å². The Kier molecular flexibility index (Phi) is 6.33. The number of amides is 1. The monoisotopic (exact) mass is 425 g/mol. The number of nitrogens with two attached hydrogens (primary N) is 1. The largest absolute Gasteiger partial charge is 0.464 e. The Morgan fingerprint density at radius 1 is 1.13 bits per heavy atom. The summed E-state index contributed by atoms with van der Waals surface area (Å²) in [5.41, 5.74) is 11.0. The van der Waals surface area contributed by atoms with Crippen LogP contribution in [0.3, 0.4) is 0 Å². The van der Waals surface area contributed by atoms with Gasteiger partial charge in [-0.2, -0.15) is 0 Å². The van der Waals surface area contributed by atoms with Gasteiger partial charge in [0.25, 0.3) is 0 Å². The van der Waals surface area contributed by atoms with Gasteiger partial charge in [0.2, 0.25) is 5.91 Å². The van der Waals surface area contributed by atoms with E-state index >= 15 is 0 Å². The molecule has 6 nitrogen and oxygen atoms in total. The second-order valence-corrected chi connectivity index (χ2v) is 9.80. The molecule has 0 saturated carbocycles. The van der Waals surface area contributed by atoms with Gasteiger partial charge in [0.15, 0.2) is 0 Å². The van der Waals surface area contributed by atoms with Gasteiger partial charge in [0.05, 0.1) is 12.8 Å². The molecule has 3 rings (SSSR count). The lowest BCUT2D eigenvalue weighted by atomic mass is 9.63. The predicted octanol–water partition coefficient (Wildman–Crippen LogP) is 4.59. The third-order valence-corrected chi connectivity index (χ3v) is 6.60. The average Bonchev–Trinajstić information content (AvgIpc) is 3.23. The smallest absolute Gasteiger partial charge is 0.354 e. The Morgan fingerprint density at radius 3 is 2.39 bits per heavy atom. The summed E-state index contributed by atoms with van der Waals surface area (Å²) in [6, 6.07) is 7.11. The fourth-order valence-corrected chi connectivity index (χ4v) is 4.47. The molecule has 1 atom stereocenters. The number of carbonyl (C=O) groups excluding carboxylic acids is 2. The highest BCUT2D eigenvalue weighted by Crippen LogP contribution is 2.46. The van der Waals surface area contributed by atoms with Gasteiger partial charge in [-0.25, -0.2) is 4.79 Å². The first-order valence-corrected chi connectivity index (χ1v) is 11.0. The molecule has 1 aromatic carbocycles. The van der Waals surface area contributed by atoms with Gasteiger partial charge in [0.1, 0.15) is 11.7 Å². The lowest BCUT2D eigenvalue weighted by Crippen LogP contribution is -2.39. The van der Waals surface area contributed by atoms with Crippen molar-refractivity contribution in [3.63, 3.8) is 0 Å². The number of fused-ring (bicyclic) bond motifs is 1. The first-order chi connectivity index (χ1) is 14.5. The van der Waals surface area contributed by atoms with Crippen LogP contribution in [0.15, 0.2) is 30.5 Å². The summed E-state index contributed by atoms with van der Waals surface area (Å²) in [4.78, 5) is 29.7. The SMILES string of the molecule is CCCN(C(=O)C(N)c1ccc2c(c1)C(C)(C)CCC2(C)C)c1c[nH]c(C(=O)OC)c1. The van der Waals surface area contributed by atoms with Crippen LogP contribution >= 0.6 is 0 Å². The summed E-state index contributed by atoms with van der Waals surface area (Å²) in [5.74, 6) is -0.663. The van der Waals surface area contributed by atoms with Gasteiger partial charge in [0, 0.05) is 12.7 Å². The number of carbonyl (C=O) groups is 2. The molecule has 0 radical (unpaired) electrons. The van der Waals surface area contributed by atoms with Crippen LogP contribution in [0.4, 0.5) is 5.69 Å². The average molecular weight is 426 g/mol. The molecule has 1 heterocycles. The Labute approximate surface area is 185 Å². The number of esters is 1. The van der Waals surface area contributed by atoms with E-state index in [-0.39, 0.29) is 16.7 Å². The molecule has 1 unspecified atom stereocenters. The molecule has 0 spiro atoms. The van der Waals surface area contributed by atoms with Gasteiger partial charge >= 0.3 is 5.97 Å². The highest BCUT2D eigenvalue weighted by atomic mass is 16.5. The second kappa shape index (κ2) is 8.50. The van der Waals surface area contributed by atoms with Crippen molar-refractivity contribution in [3.05, 3.63) is 52.8 Å². The van der Waals surface area contributed by atoms with Gasteiger partial charge in [-0.3, -0.25) is 4.79 Å². The van der Waals surface area contributed by atoms with Crippen LogP contribution in [-0.2, 0) is 20.4 Å². The Hall–Kier alpha value is -2.60. The normalized spacial score (nSPS) is 17.5. The van der Waals surface area contributed by atoms with Gasteiger partial charge < -0.3 is 20.4 Å². The molecule has 0 aliphatic heterocycles. The number of hydrogen-bond donors (Lipinski definition) is 2. The standard InChI is InChI=1S/C25H35N3O3/c1-7-12-28(17-14-20(27-15-17)23(30)31-6)22(29)21(26)16-8-9-18-19(13-16)25(4,5)11-10-24(18,2)3/h8-9,13-15,21,27H,7,10-12,26H2,1-6H3. The van der Waals surface area contributed by atoms with E-state index in [2.05, 4.69) is 44.8 Å². The summed E-state index contributed by atoms with van der Waals surface area (Å²) in [6.07, 6.45) is 4.65. The van der Waals surface area contributed by atoms with E-state index in [0.29, 0.717) is 17.9 Å². The summed E-state index contributed by atoms with van der Waals surface area (Å²) < 4.78 is 4.76. The number of H-pyrrole nitrogens is 1. The van der Waals surface area contributed by atoms with Crippen LogP contribution in [-0.4, -0.2) is 30.5 Å². The molecule has 1 aliphatic carbocycles. The zero-order valence-electron chi connectivity index (χ0n) is 19.5. The quantitative estimate of drug-likeness (QED) is 0.663. The maximum Gasteiger partial charge on any atom is 0.354 e. The maximum atomic E-state index is 13.4. The number of anilines is 1. The number of aromatic amines is 1. The number of benzene rings is 1. The van der Waals surface area contributed by atoms with Crippen LogP contribution < -0.4 is 10.6 Å². The third-order valence-electron chi connectivity index (χ3n) is 6.60. The number of methoxy groups -OCH3 is 1. The molecule has 0 fully saturated rings. The van der Waals surface area contributed by atoms with Crippen LogP contribution in [0.1, 0.15) is 87.1 Å². The molecule has 1 amide bonds. The van der Waals surface area contributed by atoms with Crippen molar-refractivity contribution < 1.29 is 14.3 Å². The first kappa shape index (κ1) is 23.1. The number of hydrogen-bond acceptors (Lipinski definition) is 4. The molecule has 31 heavy (non-hydrogen) atoms. The molecule has 3 N–H and O–H groups in total. The van der Waals surface area contributed by atoms with Crippen molar-refractivity contribution in [2.75, 3.05) is 18.6 Å². The number of rotatable bonds is 6. The van der Waals surface area contributed by atoms with Crippen molar-refractivity contribution in [1.82, 2.24) is 4.98 Å². The highest BCUT2D eigenvalue weighted by molar-refractivity contribution is 5.99. The lowest BCUT2D eigenvalue weighted by molar-refractivity contribution is -0.120. The summed E-state index contributed by atoms with van der Waals surface area (Å²) in [6.45, 7) is 11.6. The van der Waals surface area contributed by atoms with Crippen molar-refractivity contribution in [1.29, 1.82) is 0 Å². The molecule has 2 aromatic rings. The third kappa shape index (κ3) is 4.40. The van der Waals surface area contributed by atoms with E-state index in [1.165, 1.54) is 18.2 Å². The summed E-state index contributed by atoms with van der Waals surface area (Å²) in [5, 5.41) is 0. The maximum absolute atomic E-state index is 13.4. The van der Waals surface area contributed by atoms with Crippen LogP contribution in [0.2, 0.25) is 0 Å². The molecule has 1 aliphatic rings. The van der Waals surface area contributed by atoms with Gasteiger partial charge in [-0.15, -0.1) is 0 Å². The summed E-state index contributed by atoms with van der Waals surface area (Å²) >= 11 is 0. The lowest BCUT2D eigenvalue weighted by Gasteiger charge is -2.42. The van der Waals surface area contributed by atoms with E-state index in [1.54, 1.807) is 17.2 Å². The van der Waals surface area contributed by atoms with E-state index in [1.807, 2.05) is 13.0 Å². The van der Waals surface area contributed by atoms with E-state index in [9.17, 15) is 9.59 Å². The van der Waals surface area contributed by atoms with Crippen LogP contribution in [0.25, 0.3) is 0 Å². The van der Waals surface area contributed by atoms with Crippen molar-refractivity contribution in [2.45, 2.75) is 70.8 Å². The zero-order chi connectivity index (χ0) is 23.0. The Balaban J connectivity index is 1.93. The fraction of sp³-hybridized carbons (Fsp3) is 0.520. The fourth-order valence-electron chi connectivity index (χ4n) is 4.47. The highest BCUT2D eigenvalue weighted by Gasteiger charge is 2.37. The van der Waals surface area contributed by atoms with Crippen molar-refractivity contribution in [2.24, 2.45) is 5.73 Å². The molecule has 1 aromatic heterocycles. The molecule has 6 heteroatoms. The molecule has 0 saturated heterocycles. The molecule has 168 valence electrons. The van der Waals surface area contributed by atoms with E-state index in [0.717, 1.165) is 24.8 Å². The second-order valence-electron chi connectivity index (χ2n) is 9.80. The molecule has 0 bridgehead atoms. The van der Waals surface area contributed by atoms with Gasteiger partial charge in [-0.1, -0.05) is 52.8 Å². The van der Waals surface area contributed by atoms with Crippen molar-refractivity contribution in [3.8, 4) is 0 Å². The van der Waals surface area contributed by atoms with Crippen LogP contribution in [0.5, 0.6) is 0 Å².